The first kappa shape index (κ1) is 64.7. The molecular weight excluding hydrogens is 847 g/mol. The Balaban J connectivity index is -0.000000338. The zero-order valence-electron chi connectivity index (χ0n) is 39.0. The number of unbranched alkanes of at least 4 members (excludes halogenated alkanes) is 2. The number of hydrogen-bond donors (Lipinski definition) is 2. The van der Waals surface area contributed by atoms with Gasteiger partial charge in [0, 0.05) is 23.2 Å². The van der Waals surface area contributed by atoms with E-state index in [1.54, 1.807) is 9.80 Å². The number of halogens is 4. The van der Waals surface area contributed by atoms with Crippen LogP contribution in [0.3, 0.4) is 0 Å². The lowest BCUT2D eigenvalue weighted by molar-refractivity contribution is -0.940. The summed E-state index contributed by atoms with van der Waals surface area (Å²) in [5, 5.41) is -9.23. The van der Waals surface area contributed by atoms with Gasteiger partial charge in [0.25, 0.3) is 0 Å². The van der Waals surface area contributed by atoms with Crippen molar-refractivity contribution in [2.75, 3.05) is 39.4 Å². The number of carbonyl (C=O) groups is 2. The van der Waals surface area contributed by atoms with E-state index in [-0.39, 0.29) is 11.1 Å². The van der Waals surface area contributed by atoms with Gasteiger partial charge in [-0.2, -0.15) is 17.6 Å². The van der Waals surface area contributed by atoms with Gasteiger partial charge in [0.05, 0.1) is 31.7 Å². The van der Waals surface area contributed by atoms with Crippen LogP contribution in [0.1, 0.15) is 123 Å². The third kappa shape index (κ3) is 30.7. The van der Waals surface area contributed by atoms with Crippen LogP contribution in [-0.4, -0.2) is 117 Å². The number of nitrogens with one attached hydrogen (secondary N) is 2. The molecular formula is C42H77F4N3O10S2. The maximum absolute atomic E-state index is 12.3. The van der Waals surface area contributed by atoms with E-state index in [4.69, 9.17) is 0 Å². The topological polar surface area (TPSA) is 179 Å². The van der Waals surface area contributed by atoms with Gasteiger partial charge in [0.2, 0.25) is 0 Å². The highest BCUT2D eigenvalue weighted by atomic mass is 32.2. The molecule has 1 aromatic carbocycles. The molecule has 0 saturated carbocycles. The van der Waals surface area contributed by atoms with Crippen LogP contribution >= 0.6 is 0 Å². The molecule has 360 valence electrons. The number of alkyl halides is 4. The van der Waals surface area contributed by atoms with Crippen molar-refractivity contribution in [1.82, 2.24) is 4.90 Å². The second-order valence-corrected chi connectivity index (χ2v) is 18.3. The fraction of sp³-hybridized carbons (Fsp3) is 0.714. The summed E-state index contributed by atoms with van der Waals surface area (Å²) in [6.45, 7) is 36.9. The molecule has 19 heteroatoms. The zero-order chi connectivity index (χ0) is 48.9. The Bertz CT molecular complexity index is 1480. The lowest BCUT2D eigenvalue weighted by Crippen LogP contribution is -3.17. The summed E-state index contributed by atoms with van der Waals surface area (Å²) in [4.78, 5) is 26.9. The van der Waals surface area contributed by atoms with E-state index in [9.17, 15) is 53.1 Å². The third-order valence-electron chi connectivity index (χ3n) is 8.60. The average Bonchev–Trinajstić information content (AvgIpc) is 3.13. The van der Waals surface area contributed by atoms with Crippen molar-refractivity contribution in [1.29, 1.82) is 0 Å². The molecule has 0 aliphatic rings. The Morgan fingerprint density at radius 3 is 1.20 bits per heavy atom. The molecule has 0 fully saturated rings. The van der Waals surface area contributed by atoms with Gasteiger partial charge in [-0.15, -0.1) is 0 Å². The van der Waals surface area contributed by atoms with E-state index in [2.05, 4.69) is 141 Å². The molecule has 2 N–H and O–H groups in total. The Morgan fingerprint density at radius 1 is 0.689 bits per heavy atom. The van der Waals surface area contributed by atoms with Gasteiger partial charge >= 0.3 is 22.4 Å². The summed E-state index contributed by atoms with van der Waals surface area (Å²) in [7, 11) is -11.6. The molecule has 0 aromatic heterocycles. The maximum atomic E-state index is 12.3. The van der Waals surface area contributed by atoms with Gasteiger partial charge in [0.15, 0.2) is 33.5 Å². The number of carbonyl (C=O) groups excluding carboxylic acids is 2. The van der Waals surface area contributed by atoms with E-state index < -0.39 is 55.9 Å². The third-order valence-corrected chi connectivity index (χ3v) is 10.3. The van der Waals surface area contributed by atoms with Crippen molar-refractivity contribution >= 4 is 37.9 Å². The quantitative estimate of drug-likeness (QED) is 0.0628. The maximum Gasteiger partial charge on any atom is 0.367 e. The number of benzene rings is 1. The van der Waals surface area contributed by atoms with Crippen LogP contribution in [0.15, 0.2) is 54.6 Å². The van der Waals surface area contributed by atoms with Crippen molar-refractivity contribution < 1.29 is 72.4 Å². The molecule has 0 spiro atoms. The predicted molar refractivity (Wildman–Crippen MR) is 232 cm³/mol. The number of ether oxygens (including phenoxy) is 2. The van der Waals surface area contributed by atoms with Gasteiger partial charge in [-0.3, -0.25) is 4.90 Å². The molecule has 0 bridgehead atoms. The minimum atomic E-state index is -5.81. The molecule has 13 nitrogen and oxygen atoms in total. The largest absolute Gasteiger partial charge is 0.743 e. The standard InChI is InChI=1S/C14H23N.2C8H19N.2C6H8F2O5S/c1-3-5-12-15(13-6-4-2)14-10-8-7-9-11-14;2*1-6-9(7(2)3)8(4)5;2*1-4(2)5(9)13-3-6(7,8)14(10,11)12/h7-11H,3-6,12-13H2,1-2H3;2*7-8H,6H2,1-5H3;2*1,3H2,2H3,(H,10,11,12). The summed E-state index contributed by atoms with van der Waals surface area (Å²) >= 11 is 0. The van der Waals surface area contributed by atoms with Crippen molar-refractivity contribution in [2.45, 2.75) is 157 Å². The van der Waals surface area contributed by atoms with Crippen LogP contribution in [0.4, 0.5) is 23.2 Å². The van der Waals surface area contributed by atoms with Crippen LogP contribution in [0.25, 0.3) is 0 Å². The minimum Gasteiger partial charge on any atom is -0.743 e. The molecule has 0 aliphatic heterocycles. The SMILES string of the molecule is C=C(C)C(=O)OCC(F)(F)S(=O)(=O)[O-].C=C(C)C(=O)OCC(F)(F)S(=O)(=O)[O-].CCCC[NH+](CCCC)c1ccccc1.CCN(C(C)C)C(C)C.CC[NH+](C(C)C)C(C)C. The summed E-state index contributed by atoms with van der Waals surface area (Å²) in [6.07, 6.45) is 5.24. The molecule has 0 aliphatic carbocycles. The molecule has 0 unspecified atom stereocenters. The van der Waals surface area contributed by atoms with Gasteiger partial charge in [-0.25, -0.2) is 26.4 Å². The second-order valence-electron chi connectivity index (χ2n) is 15.3. The lowest BCUT2D eigenvalue weighted by atomic mass is 10.2. The number of nitrogens with zero attached hydrogens (tertiary/aromatic N) is 1. The number of rotatable bonds is 21. The highest BCUT2D eigenvalue weighted by Gasteiger charge is 2.40. The van der Waals surface area contributed by atoms with Crippen molar-refractivity contribution in [3.63, 3.8) is 0 Å². The Kier molecular flexibility index (Phi) is 34.7. The first-order chi connectivity index (χ1) is 27.7. The van der Waals surface area contributed by atoms with Crippen LogP contribution in [-0.2, 0) is 39.3 Å². The molecule has 1 rings (SSSR count). The van der Waals surface area contributed by atoms with E-state index in [0.717, 1.165) is 18.6 Å². The molecule has 1 aromatic rings. The van der Waals surface area contributed by atoms with Gasteiger partial charge in [-0.1, -0.05) is 65.0 Å². The van der Waals surface area contributed by atoms with Gasteiger partial charge in [-0.05, 0) is 108 Å². The van der Waals surface area contributed by atoms with Crippen LogP contribution in [0.2, 0.25) is 0 Å². The summed E-state index contributed by atoms with van der Waals surface area (Å²) in [5.74, 6) is -2.37. The Morgan fingerprint density at radius 2 is 1.02 bits per heavy atom. The number of esters is 2. The first-order valence-corrected chi connectivity index (χ1v) is 23.4. The van der Waals surface area contributed by atoms with Crippen LogP contribution in [0, 0.1) is 0 Å². The Hall–Kier alpha value is -2.94. The van der Waals surface area contributed by atoms with Gasteiger partial charge in [0.1, 0.15) is 5.69 Å². The number of quaternary nitrogens is 2. The normalized spacial score (nSPS) is 11.9. The van der Waals surface area contributed by atoms with Crippen molar-refractivity contribution in [2.24, 2.45) is 0 Å². The van der Waals surface area contributed by atoms with E-state index >= 15 is 0 Å². The van der Waals surface area contributed by atoms with Crippen LogP contribution in [0.5, 0.6) is 0 Å². The van der Waals surface area contributed by atoms with Crippen LogP contribution < -0.4 is 9.80 Å². The number of hydrogen-bond acceptors (Lipinski definition) is 11. The fourth-order valence-electron chi connectivity index (χ4n) is 5.37. The molecule has 0 atom stereocenters. The van der Waals surface area contributed by atoms with E-state index in [0.29, 0.717) is 12.1 Å². The van der Waals surface area contributed by atoms with E-state index in [1.807, 2.05) is 0 Å². The molecule has 0 heterocycles. The fourth-order valence-corrected chi connectivity index (χ4v) is 5.77. The molecule has 0 radical (unpaired) electrons. The molecule has 61 heavy (non-hydrogen) atoms. The second kappa shape index (κ2) is 32.7. The summed E-state index contributed by atoms with van der Waals surface area (Å²) in [6, 6.07) is 13.8. The summed E-state index contributed by atoms with van der Waals surface area (Å²) < 4.78 is 117. The monoisotopic (exact) mass is 923 g/mol. The minimum absolute atomic E-state index is 0.177. The predicted octanol–water partition coefficient (Wildman–Crippen LogP) is 6.12. The highest BCUT2D eigenvalue weighted by molar-refractivity contribution is 7.87. The molecule has 0 amide bonds. The highest BCUT2D eigenvalue weighted by Crippen LogP contribution is 2.21. The Labute approximate surface area is 365 Å². The molecule has 0 saturated heterocycles. The lowest BCUT2D eigenvalue weighted by Gasteiger charge is -2.28. The smallest absolute Gasteiger partial charge is 0.367 e. The van der Waals surface area contributed by atoms with E-state index in [1.165, 1.54) is 64.9 Å². The average molecular weight is 924 g/mol. The zero-order valence-corrected chi connectivity index (χ0v) is 40.7. The summed E-state index contributed by atoms with van der Waals surface area (Å²) in [5.41, 5.74) is 1.10. The van der Waals surface area contributed by atoms with Crippen molar-refractivity contribution in [3.05, 3.63) is 54.6 Å². The van der Waals surface area contributed by atoms with Gasteiger partial charge < -0.3 is 28.4 Å². The number of para-hydroxylation sites is 1. The van der Waals surface area contributed by atoms with Crippen molar-refractivity contribution in [3.8, 4) is 0 Å². The first-order valence-electron chi connectivity index (χ1n) is 20.6.